The smallest absolute Gasteiger partial charge is 0.338 e. The molecule has 2 rings (SSSR count). The summed E-state index contributed by atoms with van der Waals surface area (Å²) in [6.45, 7) is 9.18. The molecule has 1 saturated heterocycles. The standard InChI is InChI=1S/C20H26N2O5/c1-12(2)21(13(3)4)19(25)14(5)27-20(26)15-6-8-16(9-7-15)22-17(23)10-11-18(22)24/h6-9,12-14H,10-11H2,1-5H3/t14-/m1/s1. The minimum absolute atomic E-state index is 0.00605. The van der Waals surface area contributed by atoms with Crippen molar-refractivity contribution in [1.82, 2.24) is 4.90 Å². The number of hydrogen-bond acceptors (Lipinski definition) is 5. The summed E-state index contributed by atoms with van der Waals surface area (Å²) in [7, 11) is 0. The van der Waals surface area contributed by atoms with E-state index in [0.29, 0.717) is 5.69 Å². The summed E-state index contributed by atoms with van der Waals surface area (Å²) in [6, 6.07) is 6.01. The molecule has 0 unspecified atom stereocenters. The third-order valence-electron chi connectivity index (χ3n) is 4.41. The lowest BCUT2D eigenvalue weighted by Crippen LogP contribution is -2.47. The van der Waals surface area contributed by atoms with Crippen LogP contribution in [0.15, 0.2) is 24.3 Å². The largest absolute Gasteiger partial charge is 0.449 e. The molecule has 1 aromatic rings. The second-order valence-corrected chi connectivity index (χ2v) is 7.15. The fourth-order valence-corrected chi connectivity index (χ4v) is 3.21. The van der Waals surface area contributed by atoms with Gasteiger partial charge in [0.25, 0.3) is 5.91 Å². The molecule has 0 spiro atoms. The first-order valence-corrected chi connectivity index (χ1v) is 9.12. The van der Waals surface area contributed by atoms with Gasteiger partial charge in [0.2, 0.25) is 11.8 Å². The Morgan fingerprint density at radius 3 is 1.85 bits per heavy atom. The molecule has 7 heteroatoms. The maximum Gasteiger partial charge on any atom is 0.338 e. The number of ether oxygens (including phenoxy) is 1. The highest BCUT2D eigenvalue weighted by Gasteiger charge is 2.31. The molecule has 0 aliphatic carbocycles. The van der Waals surface area contributed by atoms with Crippen molar-refractivity contribution in [1.29, 1.82) is 0 Å². The molecule has 27 heavy (non-hydrogen) atoms. The summed E-state index contributed by atoms with van der Waals surface area (Å²) < 4.78 is 5.31. The Bertz CT molecular complexity index is 715. The van der Waals surface area contributed by atoms with E-state index in [1.807, 2.05) is 27.7 Å². The zero-order valence-electron chi connectivity index (χ0n) is 16.4. The number of benzene rings is 1. The molecule has 0 saturated carbocycles. The van der Waals surface area contributed by atoms with Crippen LogP contribution in [0.2, 0.25) is 0 Å². The molecule has 0 aromatic heterocycles. The predicted molar refractivity (Wildman–Crippen MR) is 100 cm³/mol. The lowest BCUT2D eigenvalue weighted by Gasteiger charge is -2.32. The highest BCUT2D eigenvalue weighted by atomic mass is 16.5. The molecule has 0 radical (unpaired) electrons. The molecular formula is C20H26N2O5. The first kappa shape index (κ1) is 20.6. The second-order valence-electron chi connectivity index (χ2n) is 7.15. The summed E-state index contributed by atoms with van der Waals surface area (Å²) in [5.74, 6) is -1.39. The summed E-state index contributed by atoms with van der Waals surface area (Å²) in [4.78, 5) is 51.2. The normalized spacial score (nSPS) is 15.4. The monoisotopic (exact) mass is 374 g/mol. The molecule has 7 nitrogen and oxygen atoms in total. The summed E-state index contributed by atoms with van der Waals surface area (Å²) in [6.07, 6.45) is -0.515. The quantitative estimate of drug-likeness (QED) is 0.564. The van der Waals surface area contributed by atoms with Crippen molar-refractivity contribution in [2.24, 2.45) is 0 Å². The van der Waals surface area contributed by atoms with Gasteiger partial charge in [0, 0.05) is 24.9 Å². The van der Waals surface area contributed by atoms with Crippen molar-refractivity contribution < 1.29 is 23.9 Å². The highest BCUT2D eigenvalue weighted by molar-refractivity contribution is 6.19. The second kappa shape index (κ2) is 8.33. The van der Waals surface area contributed by atoms with E-state index < -0.39 is 12.1 Å². The molecule has 0 N–H and O–H groups in total. The first-order valence-electron chi connectivity index (χ1n) is 9.12. The number of anilines is 1. The number of amides is 3. The van der Waals surface area contributed by atoms with Crippen LogP contribution >= 0.6 is 0 Å². The van der Waals surface area contributed by atoms with Crippen LogP contribution in [-0.2, 0) is 19.1 Å². The Hall–Kier alpha value is -2.70. The van der Waals surface area contributed by atoms with Gasteiger partial charge in [-0.2, -0.15) is 0 Å². The van der Waals surface area contributed by atoms with Crippen molar-refractivity contribution in [3.05, 3.63) is 29.8 Å². The molecule has 1 fully saturated rings. The topological polar surface area (TPSA) is 84.0 Å². The average Bonchev–Trinajstić information content (AvgIpc) is 2.92. The summed E-state index contributed by atoms with van der Waals surface area (Å²) >= 11 is 0. The molecule has 1 heterocycles. The molecule has 1 aliphatic rings. The van der Waals surface area contributed by atoms with Gasteiger partial charge in [-0.3, -0.25) is 19.3 Å². The van der Waals surface area contributed by atoms with Crippen LogP contribution in [0.4, 0.5) is 5.69 Å². The zero-order chi connectivity index (χ0) is 20.3. The van der Waals surface area contributed by atoms with E-state index >= 15 is 0 Å². The summed E-state index contributed by atoms with van der Waals surface area (Å²) in [5, 5.41) is 0. The van der Waals surface area contributed by atoms with E-state index in [1.54, 1.807) is 11.8 Å². The van der Waals surface area contributed by atoms with Gasteiger partial charge >= 0.3 is 5.97 Å². The van der Waals surface area contributed by atoms with E-state index in [2.05, 4.69) is 0 Å². The summed E-state index contributed by atoms with van der Waals surface area (Å²) in [5.41, 5.74) is 0.673. The van der Waals surface area contributed by atoms with E-state index in [1.165, 1.54) is 24.3 Å². The molecule has 1 atom stereocenters. The van der Waals surface area contributed by atoms with Gasteiger partial charge in [0.1, 0.15) is 0 Å². The van der Waals surface area contributed by atoms with Gasteiger partial charge in [-0.15, -0.1) is 0 Å². The lowest BCUT2D eigenvalue weighted by molar-refractivity contribution is -0.143. The number of carbonyl (C=O) groups is 4. The molecular weight excluding hydrogens is 348 g/mol. The molecule has 1 aliphatic heterocycles. The van der Waals surface area contributed by atoms with Gasteiger partial charge in [0.05, 0.1) is 11.3 Å². The highest BCUT2D eigenvalue weighted by Crippen LogP contribution is 2.23. The van der Waals surface area contributed by atoms with E-state index in [4.69, 9.17) is 4.74 Å². The van der Waals surface area contributed by atoms with Crippen molar-refractivity contribution in [2.75, 3.05) is 4.90 Å². The van der Waals surface area contributed by atoms with Crippen molar-refractivity contribution in [3.63, 3.8) is 0 Å². The number of nitrogens with zero attached hydrogens (tertiary/aromatic N) is 2. The van der Waals surface area contributed by atoms with E-state index in [9.17, 15) is 19.2 Å². The van der Waals surface area contributed by atoms with Crippen molar-refractivity contribution in [2.45, 2.75) is 65.6 Å². The zero-order valence-corrected chi connectivity index (χ0v) is 16.4. The SMILES string of the molecule is CC(C)N(C(=O)[C@@H](C)OC(=O)c1ccc(N2C(=O)CCC2=O)cc1)C(C)C. The van der Waals surface area contributed by atoms with Gasteiger partial charge in [-0.05, 0) is 58.9 Å². The van der Waals surface area contributed by atoms with Crippen LogP contribution in [0, 0.1) is 0 Å². The Labute approximate surface area is 159 Å². The van der Waals surface area contributed by atoms with Crippen molar-refractivity contribution in [3.8, 4) is 0 Å². The predicted octanol–water partition coefficient (Wildman–Crippen LogP) is 2.53. The molecule has 146 valence electrons. The van der Waals surface area contributed by atoms with Crippen LogP contribution < -0.4 is 4.90 Å². The number of esters is 1. The Balaban J connectivity index is 2.06. The maximum atomic E-state index is 12.6. The lowest BCUT2D eigenvalue weighted by atomic mass is 10.2. The van der Waals surface area contributed by atoms with Crippen LogP contribution in [-0.4, -0.2) is 46.8 Å². The molecule has 0 bridgehead atoms. The number of imide groups is 1. The van der Waals surface area contributed by atoms with E-state index in [0.717, 1.165) is 4.90 Å². The minimum atomic E-state index is -0.913. The molecule has 1 aromatic carbocycles. The Kier molecular flexibility index (Phi) is 6.36. The maximum absolute atomic E-state index is 12.6. The third kappa shape index (κ3) is 4.53. The fraction of sp³-hybridized carbons (Fsp3) is 0.500. The average molecular weight is 374 g/mol. The van der Waals surface area contributed by atoms with Crippen LogP contribution in [0.25, 0.3) is 0 Å². The van der Waals surface area contributed by atoms with Gasteiger partial charge in [0.15, 0.2) is 6.10 Å². The van der Waals surface area contributed by atoms with E-state index in [-0.39, 0.29) is 48.2 Å². The minimum Gasteiger partial charge on any atom is -0.449 e. The third-order valence-corrected chi connectivity index (χ3v) is 4.41. The molecule has 3 amide bonds. The van der Waals surface area contributed by atoms with Gasteiger partial charge in [-0.25, -0.2) is 4.79 Å². The van der Waals surface area contributed by atoms with Gasteiger partial charge in [-0.1, -0.05) is 0 Å². The van der Waals surface area contributed by atoms with Crippen LogP contribution in [0.3, 0.4) is 0 Å². The number of hydrogen-bond donors (Lipinski definition) is 0. The fourth-order valence-electron chi connectivity index (χ4n) is 3.21. The first-order chi connectivity index (χ1) is 12.6. The van der Waals surface area contributed by atoms with Crippen LogP contribution in [0.1, 0.15) is 57.8 Å². The Morgan fingerprint density at radius 2 is 1.41 bits per heavy atom. The van der Waals surface area contributed by atoms with Gasteiger partial charge < -0.3 is 9.64 Å². The number of rotatable bonds is 6. The number of carbonyl (C=O) groups excluding carboxylic acids is 4. The van der Waals surface area contributed by atoms with Crippen LogP contribution in [0.5, 0.6) is 0 Å². The Morgan fingerprint density at radius 1 is 0.926 bits per heavy atom. The van der Waals surface area contributed by atoms with Crippen molar-refractivity contribution >= 4 is 29.4 Å².